The number of esters is 1. The van der Waals surface area contributed by atoms with Gasteiger partial charge in [0.25, 0.3) is 5.91 Å². The van der Waals surface area contributed by atoms with Crippen molar-refractivity contribution in [3.8, 4) is 11.5 Å². The van der Waals surface area contributed by atoms with Crippen LogP contribution in [0.4, 0.5) is 11.6 Å². The van der Waals surface area contributed by atoms with Gasteiger partial charge in [-0.3, -0.25) is 4.79 Å². The minimum Gasteiger partial charge on any atom is -0.493 e. The number of hydrogen-bond acceptors (Lipinski definition) is 7. The highest BCUT2D eigenvalue weighted by atomic mass is 16.6. The van der Waals surface area contributed by atoms with Crippen LogP contribution < -0.4 is 20.1 Å². The highest BCUT2D eigenvalue weighted by Crippen LogP contribution is 2.39. The molecule has 9 heteroatoms. The number of nitrogens with one attached hydrogen (secondary N) is 2. The number of carbonyl (C=O) groups excluding carboxylic acids is 2. The Bertz CT molecular complexity index is 1450. The second-order valence-corrected chi connectivity index (χ2v) is 8.08. The van der Waals surface area contributed by atoms with Gasteiger partial charge in [-0.1, -0.05) is 42.5 Å². The van der Waals surface area contributed by atoms with Crippen molar-refractivity contribution in [2.75, 3.05) is 17.7 Å². The second kappa shape index (κ2) is 9.75. The molecule has 1 aliphatic rings. The van der Waals surface area contributed by atoms with E-state index in [-0.39, 0.29) is 11.7 Å². The fourth-order valence-corrected chi connectivity index (χ4v) is 4.08. The van der Waals surface area contributed by atoms with Gasteiger partial charge >= 0.3 is 5.97 Å². The smallest absolute Gasteiger partial charge is 0.343 e. The van der Waals surface area contributed by atoms with E-state index in [1.54, 1.807) is 47.1 Å². The second-order valence-electron chi connectivity index (χ2n) is 8.08. The zero-order valence-corrected chi connectivity index (χ0v) is 19.6. The van der Waals surface area contributed by atoms with Crippen molar-refractivity contribution in [1.82, 2.24) is 14.8 Å². The van der Waals surface area contributed by atoms with Crippen LogP contribution in [0.5, 0.6) is 11.5 Å². The van der Waals surface area contributed by atoms with Gasteiger partial charge in [0.1, 0.15) is 12.4 Å². The molecule has 0 saturated heterocycles. The molecule has 2 heterocycles. The molecule has 2 N–H and O–H groups in total. The van der Waals surface area contributed by atoms with Gasteiger partial charge in [0, 0.05) is 11.4 Å². The van der Waals surface area contributed by atoms with Crippen LogP contribution >= 0.6 is 0 Å². The van der Waals surface area contributed by atoms with Gasteiger partial charge in [-0.15, -0.1) is 0 Å². The van der Waals surface area contributed by atoms with Gasteiger partial charge < -0.3 is 20.1 Å². The van der Waals surface area contributed by atoms with E-state index in [9.17, 15) is 9.59 Å². The normalized spacial score (nSPS) is 14.4. The van der Waals surface area contributed by atoms with E-state index >= 15 is 0 Å². The van der Waals surface area contributed by atoms with Gasteiger partial charge in [0.05, 0.1) is 18.2 Å². The summed E-state index contributed by atoms with van der Waals surface area (Å²) < 4.78 is 12.8. The first-order valence-electron chi connectivity index (χ1n) is 11.2. The highest BCUT2D eigenvalue weighted by molar-refractivity contribution is 6.06. The molecule has 1 atom stereocenters. The van der Waals surface area contributed by atoms with Crippen molar-refractivity contribution in [2.24, 2.45) is 0 Å². The number of carbonyl (C=O) groups is 2. The Morgan fingerprint density at radius 2 is 1.69 bits per heavy atom. The Balaban J connectivity index is 1.50. The van der Waals surface area contributed by atoms with Crippen LogP contribution in [0.15, 0.2) is 96.5 Å². The van der Waals surface area contributed by atoms with Crippen molar-refractivity contribution >= 4 is 23.5 Å². The SMILES string of the molecule is COc1cc([C@@H]2C(C(=O)Nc3ccccc3)=C(C)Nc3ncnn32)ccc1OC(=O)c1ccccc1. The van der Waals surface area contributed by atoms with Gasteiger partial charge in [-0.2, -0.15) is 10.1 Å². The number of fused-ring (bicyclic) bond motifs is 1. The molecule has 36 heavy (non-hydrogen) atoms. The number of para-hydroxylation sites is 1. The standard InChI is InChI=1S/C27H23N5O4/c1-17-23(25(33)31-20-11-7-4-8-12-20)24(32-27(30-17)28-16-29-32)19-13-14-21(22(15-19)35-2)36-26(34)18-9-5-3-6-10-18/h3-16,24H,1-2H3,(H,31,33)(H,28,29,30)/t24-/m1/s1. The van der Waals surface area contributed by atoms with E-state index in [4.69, 9.17) is 9.47 Å². The largest absolute Gasteiger partial charge is 0.493 e. The zero-order valence-electron chi connectivity index (χ0n) is 19.6. The molecule has 0 unspecified atom stereocenters. The Labute approximate surface area is 207 Å². The lowest BCUT2D eigenvalue weighted by molar-refractivity contribution is -0.113. The molecular formula is C27H23N5O4. The summed E-state index contributed by atoms with van der Waals surface area (Å²) in [7, 11) is 1.49. The molecular weight excluding hydrogens is 458 g/mol. The number of hydrogen-bond donors (Lipinski definition) is 2. The summed E-state index contributed by atoms with van der Waals surface area (Å²) in [6, 6.07) is 22.5. The maximum absolute atomic E-state index is 13.4. The molecule has 5 rings (SSSR count). The third kappa shape index (κ3) is 4.41. The molecule has 1 amide bonds. The van der Waals surface area contributed by atoms with Crippen LogP contribution in [-0.2, 0) is 4.79 Å². The number of nitrogens with zero attached hydrogens (tertiary/aromatic N) is 3. The summed E-state index contributed by atoms with van der Waals surface area (Å²) in [6.07, 6.45) is 1.42. The number of aromatic nitrogens is 3. The van der Waals surface area contributed by atoms with Crippen LogP contribution in [0.2, 0.25) is 0 Å². The first-order valence-corrected chi connectivity index (χ1v) is 11.2. The highest BCUT2D eigenvalue weighted by Gasteiger charge is 2.34. The molecule has 180 valence electrons. The van der Waals surface area contributed by atoms with Crippen LogP contribution in [0.1, 0.15) is 28.9 Å². The Kier molecular flexibility index (Phi) is 6.19. The lowest BCUT2D eigenvalue weighted by atomic mass is 9.94. The van der Waals surface area contributed by atoms with Crippen LogP contribution in [0.3, 0.4) is 0 Å². The van der Waals surface area contributed by atoms with E-state index in [2.05, 4.69) is 20.7 Å². The maximum atomic E-state index is 13.4. The number of methoxy groups -OCH3 is 1. The summed E-state index contributed by atoms with van der Waals surface area (Å²) in [5.41, 5.74) is 2.91. The predicted molar refractivity (Wildman–Crippen MR) is 134 cm³/mol. The van der Waals surface area contributed by atoms with Crippen LogP contribution in [0, 0.1) is 0 Å². The number of benzene rings is 3. The predicted octanol–water partition coefficient (Wildman–Crippen LogP) is 4.43. The van der Waals surface area contributed by atoms with E-state index < -0.39 is 12.0 Å². The Hall–Kier alpha value is -4.92. The van der Waals surface area contributed by atoms with Crippen LogP contribution in [0.25, 0.3) is 0 Å². The van der Waals surface area contributed by atoms with Crippen molar-refractivity contribution in [2.45, 2.75) is 13.0 Å². The average Bonchev–Trinajstić information content (AvgIpc) is 3.37. The maximum Gasteiger partial charge on any atom is 0.343 e. The minimum absolute atomic E-state index is 0.263. The summed E-state index contributed by atoms with van der Waals surface area (Å²) in [6.45, 7) is 1.82. The molecule has 4 aromatic rings. The topological polar surface area (TPSA) is 107 Å². The molecule has 3 aromatic carbocycles. The molecule has 0 fully saturated rings. The van der Waals surface area contributed by atoms with Gasteiger partial charge in [0.2, 0.25) is 5.95 Å². The molecule has 9 nitrogen and oxygen atoms in total. The molecule has 0 bridgehead atoms. The van der Waals surface area contributed by atoms with E-state index in [0.717, 1.165) is 0 Å². The summed E-state index contributed by atoms with van der Waals surface area (Å²) in [4.78, 5) is 30.3. The average molecular weight is 482 g/mol. The quantitative estimate of drug-likeness (QED) is 0.310. The summed E-state index contributed by atoms with van der Waals surface area (Å²) in [5.74, 6) is 0.334. The van der Waals surface area contributed by atoms with Crippen molar-refractivity contribution in [3.63, 3.8) is 0 Å². The third-order valence-corrected chi connectivity index (χ3v) is 5.79. The zero-order chi connectivity index (χ0) is 25.1. The van der Waals surface area contributed by atoms with Crippen LogP contribution in [-0.4, -0.2) is 33.8 Å². The number of rotatable bonds is 6. The third-order valence-electron chi connectivity index (χ3n) is 5.79. The summed E-state index contributed by atoms with van der Waals surface area (Å²) >= 11 is 0. The van der Waals surface area contributed by atoms with Crippen molar-refractivity contribution in [3.05, 3.63) is 108 Å². The Morgan fingerprint density at radius 1 is 0.972 bits per heavy atom. The lowest BCUT2D eigenvalue weighted by Gasteiger charge is -2.29. The van der Waals surface area contributed by atoms with E-state index in [1.807, 2.05) is 43.3 Å². The number of anilines is 2. The molecule has 0 aliphatic carbocycles. The molecule has 1 aliphatic heterocycles. The fourth-order valence-electron chi connectivity index (χ4n) is 4.08. The summed E-state index contributed by atoms with van der Waals surface area (Å²) in [5, 5.41) is 10.5. The lowest BCUT2D eigenvalue weighted by Crippen LogP contribution is -2.31. The molecule has 0 radical (unpaired) electrons. The first-order chi connectivity index (χ1) is 17.5. The van der Waals surface area contributed by atoms with Gasteiger partial charge in [0.15, 0.2) is 11.5 Å². The number of amides is 1. The molecule has 1 aromatic heterocycles. The number of ether oxygens (including phenoxy) is 2. The fraction of sp³-hybridized carbons (Fsp3) is 0.111. The molecule has 0 spiro atoms. The monoisotopic (exact) mass is 481 g/mol. The van der Waals surface area contributed by atoms with Gasteiger partial charge in [-0.25, -0.2) is 9.48 Å². The van der Waals surface area contributed by atoms with Crippen molar-refractivity contribution < 1.29 is 19.1 Å². The minimum atomic E-state index is -0.597. The number of allylic oxidation sites excluding steroid dienone is 1. The first kappa shape index (κ1) is 22.9. The van der Waals surface area contributed by atoms with E-state index in [1.165, 1.54) is 13.4 Å². The van der Waals surface area contributed by atoms with Gasteiger partial charge in [-0.05, 0) is 48.9 Å². The Morgan fingerprint density at radius 3 is 2.42 bits per heavy atom. The molecule has 0 saturated carbocycles. The van der Waals surface area contributed by atoms with Crippen molar-refractivity contribution in [1.29, 1.82) is 0 Å². The van der Waals surface area contributed by atoms with E-state index in [0.29, 0.717) is 39.8 Å².